The number of benzene rings is 1. The molecule has 0 bridgehead atoms. The predicted octanol–water partition coefficient (Wildman–Crippen LogP) is 5.31. The van der Waals surface area contributed by atoms with Crippen LogP contribution in [0.4, 0.5) is 11.4 Å². The Hall–Kier alpha value is -1.22. The summed E-state index contributed by atoms with van der Waals surface area (Å²) < 4.78 is 0. The summed E-state index contributed by atoms with van der Waals surface area (Å²) in [7, 11) is 0. The molecule has 142 valence electrons. The van der Waals surface area contributed by atoms with Gasteiger partial charge >= 0.3 is 0 Å². The molecule has 0 aromatic heterocycles. The van der Waals surface area contributed by atoms with E-state index in [9.17, 15) is 0 Å². The number of nitrogen functional groups attached to an aromatic ring is 1. The van der Waals surface area contributed by atoms with Crippen LogP contribution in [0.5, 0.6) is 0 Å². The number of nitrogens with two attached hydrogens (primary N) is 1. The Labute approximate surface area is 155 Å². The minimum Gasteiger partial charge on any atom is -0.399 e. The van der Waals surface area contributed by atoms with Gasteiger partial charge in [0, 0.05) is 37.6 Å². The summed E-state index contributed by atoms with van der Waals surface area (Å²) in [4.78, 5) is 5.12. The lowest BCUT2D eigenvalue weighted by atomic mass is 10.1. The molecule has 0 unspecified atom stereocenters. The first-order chi connectivity index (χ1) is 12.3. The Morgan fingerprint density at radius 2 is 1.24 bits per heavy atom. The predicted molar refractivity (Wildman–Crippen MR) is 111 cm³/mol. The molecule has 1 saturated heterocycles. The minimum atomic E-state index is 0.850. The molecule has 0 radical (unpaired) electrons. The third kappa shape index (κ3) is 8.13. The van der Waals surface area contributed by atoms with Gasteiger partial charge in [-0.3, -0.25) is 4.90 Å². The van der Waals surface area contributed by atoms with Gasteiger partial charge in [0.25, 0.3) is 0 Å². The second kappa shape index (κ2) is 12.2. The van der Waals surface area contributed by atoms with E-state index in [0.29, 0.717) is 0 Å². The maximum Gasteiger partial charge on any atom is 0.0368 e. The monoisotopic (exact) mass is 345 g/mol. The number of hydrogen-bond donors (Lipinski definition) is 1. The Balaban J connectivity index is 1.45. The van der Waals surface area contributed by atoms with Gasteiger partial charge in [-0.15, -0.1) is 0 Å². The fourth-order valence-corrected chi connectivity index (χ4v) is 3.74. The first kappa shape index (κ1) is 20.1. The summed E-state index contributed by atoms with van der Waals surface area (Å²) in [5.74, 6) is 0. The smallest absolute Gasteiger partial charge is 0.0368 e. The van der Waals surface area contributed by atoms with Gasteiger partial charge in [-0.2, -0.15) is 0 Å². The molecule has 0 aliphatic carbocycles. The van der Waals surface area contributed by atoms with Gasteiger partial charge in [-0.1, -0.05) is 64.7 Å². The number of hydrogen-bond acceptors (Lipinski definition) is 3. The van der Waals surface area contributed by atoms with Crippen molar-refractivity contribution in [2.24, 2.45) is 0 Å². The first-order valence-electron chi connectivity index (χ1n) is 10.6. The molecule has 1 aliphatic heterocycles. The highest BCUT2D eigenvalue weighted by Crippen LogP contribution is 2.18. The molecule has 0 saturated carbocycles. The molecular formula is C22H39N3. The number of rotatable bonds is 12. The van der Waals surface area contributed by atoms with Crippen LogP contribution in [-0.2, 0) is 0 Å². The fourth-order valence-electron chi connectivity index (χ4n) is 3.74. The molecule has 1 aromatic rings. The lowest BCUT2D eigenvalue weighted by Gasteiger charge is -2.36. The Bertz CT molecular complexity index is 435. The Morgan fingerprint density at radius 1 is 0.720 bits per heavy atom. The fraction of sp³-hybridized carbons (Fsp3) is 0.727. The molecule has 25 heavy (non-hydrogen) atoms. The van der Waals surface area contributed by atoms with E-state index < -0.39 is 0 Å². The van der Waals surface area contributed by atoms with E-state index in [1.54, 1.807) is 0 Å². The van der Waals surface area contributed by atoms with E-state index in [-0.39, 0.29) is 0 Å². The van der Waals surface area contributed by atoms with Crippen LogP contribution < -0.4 is 10.6 Å². The topological polar surface area (TPSA) is 32.5 Å². The molecule has 3 heteroatoms. The molecule has 2 rings (SSSR count). The van der Waals surface area contributed by atoms with Gasteiger partial charge in [0.05, 0.1) is 0 Å². The van der Waals surface area contributed by atoms with Gasteiger partial charge in [0.1, 0.15) is 0 Å². The Kier molecular flexibility index (Phi) is 9.79. The van der Waals surface area contributed by atoms with Crippen LogP contribution in [0.1, 0.15) is 71.1 Å². The molecule has 3 nitrogen and oxygen atoms in total. The van der Waals surface area contributed by atoms with Crippen molar-refractivity contribution in [1.29, 1.82) is 0 Å². The van der Waals surface area contributed by atoms with Crippen molar-refractivity contribution in [2.45, 2.75) is 71.1 Å². The third-order valence-electron chi connectivity index (χ3n) is 5.46. The largest absolute Gasteiger partial charge is 0.399 e. The van der Waals surface area contributed by atoms with Gasteiger partial charge in [0.15, 0.2) is 0 Å². The highest BCUT2D eigenvalue weighted by atomic mass is 15.3. The van der Waals surface area contributed by atoms with Crippen LogP contribution in [0.3, 0.4) is 0 Å². The van der Waals surface area contributed by atoms with Gasteiger partial charge in [0.2, 0.25) is 0 Å². The number of nitrogens with zero attached hydrogens (tertiary/aromatic N) is 2. The van der Waals surface area contributed by atoms with Crippen LogP contribution in [0.15, 0.2) is 24.3 Å². The van der Waals surface area contributed by atoms with Crippen molar-refractivity contribution in [1.82, 2.24) is 4.90 Å². The number of piperazine rings is 1. The van der Waals surface area contributed by atoms with Crippen molar-refractivity contribution in [2.75, 3.05) is 43.4 Å². The third-order valence-corrected chi connectivity index (χ3v) is 5.46. The minimum absolute atomic E-state index is 0.850. The maximum atomic E-state index is 5.78. The summed E-state index contributed by atoms with van der Waals surface area (Å²) in [6.07, 6.45) is 14.2. The van der Waals surface area contributed by atoms with Crippen LogP contribution >= 0.6 is 0 Å². The zero-order valence-electron chi connectivity index (χ0n) is 16.4. The quantitative estimate of drug-likeness (QED) is 0.411. The summed E-state index contributed by atoms with van der Waals surface area (Å²) in [6.45, 7) is 8.25. The van der Waals surface area contributed by atoms with Crippen molar-refractivity contribution < 1.29 is 0 Å². The van der Waals surface area contributed by atoms with Crippen molar-refractivity contribution in [3.8, 4) is 0 Å². The summed E-state index contributed by atoms with van der Waals surface area (Å²) in [6, 6.07) is 8.30. The standard InChI is InChI=1S/C22H39N3/c1-2-3-4-5-6-7-8-9-10-11-16-24-17-19-25(20-18-24)22-14-12-21(23)13-15-22/h12-15H,2-11,16-20,23H2,1H3. The molecule has 0 atom stereocenters. The van der Waals surface area contributed by atoms with E-state index in [2.05, 4.69) is 28.9 Å². The molecule has 1 aromatic carbocycles. The number of anilines is 2. The second-order valence-electron chi connectivity index (χ2n) is 7.60. The highest BCUT2D eigenvalue weighted by molar-refractivity contribution is 5.53. The summed E-state index contributed by atoms with van der Waals surface area (Å²) >= 11 is 0. The normalized spacial score (nSPS) is 15.6. The van der Waals surface area contributed by atoms with Crippen molar-refractivity contribution >= 4 is 11.4 Å². The zero-order chi connectivity index (χ0) is 17.7. The zero-order valence-corrected chi connectivity index (χ0v) is 16.4. The molecule has 1 heterocycles. The highest BCUT2D eigenvalue weighted by Gasteiger charge is 2.16. The van der Waals surface area contributed by atoms with E-state index >= 15 is 0 Å². The van der Waals surface area contributed by atoms with E-state index in [1.807, 2.05) is 12.1 Å². The van der Waals surface area contributed by atoms with Gasteiger partial charge in [-0.25, -0.2) is 0 Å². The van der Waals surface area contributed by atoms with Crippen molar-refractivity contribution in [3.05, 3.63) is 24.3 Å². The SMILES string of the molecule is CCCCCCCCCCCCN1CCN(c2ccc(N)cc2)CC1. The second-order valence-corrected chi connectivity index (χ2v) is 7.60. The van der Waals surface area contributed by atoms with E-state index in [0.717, 1.165) is 18.8 Å². The molecular weight excluding hydrogens is 306 g/mol. The molecule has 0 spiro atoms. The molecule has 1 aliphatic rings. The Morgan fingerprint density at radius 3 is 1.80 bits per heavy atom. The lowest BCUT2D eigenvalue weighted by molar-refractivity contribution is 0.252. The summed E-state index contributed by atoms with van der Waals surface area (Å²) in [5.41, 5.74) is 7.94. The van der Waals surface area contributed by atoms with Gasteiger partial charge < -0.3 is 10.6 Å². The van der Waals surface area contributed by atoms with Crippen LogP contribution in [0, 0.1) is 0 Å². The average Bonchev–Trinajstić information content (AvgIpc) is 2.64. The van der Waals surface area contributed by atoms with Crippen LogP contribution in [0.2, 0.25) is 0 Å². The molecule has 2 N–H and O–H groups in total. The average molecular weight is 346 g/mol. The summed E-state index contributed by atoms with van der Waals surface area (Å²) in [5, 5.41) is 0. The number of unbranched alkanes of at least 4 members (excludes halogenated alkanes) is 9. The van der Waals surface area contributed by atoms with Gasteiger partial charge in [-0.05, 0) is 37.2 Å². The van der Waals surface area contributed by atoms with Crippen LogP contribution in [0.25, 0.3) is 0 Å². The van der Waals surface area contributed by atoms with Crippen LogP contribution in [-0.4, -0.2) is 37.6 Å². The lowest BCUT2D eigenvalue weighted by Crippen LogP contribution is -2.46. The van der Waals surface area contributed by atoms with Crippen molar-refractivity contribution in [3.63, 3.8) is 0 Å². The van der Waals surface area contributed by atoms with E-state index in [4.69, 9.17) is 5.73 Å². The molecule has 1 fully saturated rings. The maximum absolute atomic E-state index is 5.78. The van der Waals surface area contributed by atoms with E-state index in [1.165, 1.54) is 89.5 Å². The first-order valence-corrected chi connectivity index (χ1v) is 10.6. The molecule has 0 amide bonds.